The quantitative estimate of drug-likeness (QED) is 0.752. The molecule has 0 aromatic heterocycles. The van der Waals surface area contributed by atoms with E-state index in [4.69, 9.17) is 4.74 Å². The Bertz CT molecular complexity index is 397. The highest BCUT2D eigenvalue weighted by molar-refractivity contribution is 5.95. The maximum absolute atomic E-state index is 11.7. The first-order valence-electron chi connectivity index (χ1n) is 6.14. The monoisotopic (exact) mass is 233 g/mol. The van der Waals surface area contributed by atoms with Crippen LogP contribution in [0.4, 0.5) is 5.69 Å². The summed E-state index contributed by atoms with van der Waals surface area (Å²) in [4.78, 5) is 13.9. The van der Waals surface area contributed by atoms with Crippen LogP contribution in [-0.4, -0.2) is 26.2 Å². The van der Waals surface area contributed by atoms with E-state index in [1.165, 1.54) is 32.8 Å². The second-order valence-corrected chi connectivity index (χ2v) is 4.56. The molecule has 1 saturated carbocycles. The van der Waals surface area contributed by atoms with Crippen LogP contribution >= 0.6 is 0 Å². The zero-order valence-corrected chi connectivity index (χ0v) is 10.5. The Morgan fingerprint density at radius 2 is 1.94 bits per heavy atom. The average Bonchev–Trinajstić information content (AvgIpc) is 2.91. The number of benzene rings is 1. The van der Waals surface area contributed by atoms with Crippen molar-refractivity contribution in [2.24, 2.45) is 0 Å². The average molecular weight is 233 g/mol. The number of para-hydroxylation sites is 1. The van der Waals surface area contributed by atoms with E-state index < -0.39 is 0 Å². The van der Waals surface area contributed by atoms with E-state index in [0.29, 0.717) is 11.6 Å². The molecule has 0 spiro atoms. The van der Waals surface area contributed by atoms with Crippen LogP contribution in [0.1, 0.15) is 36.0 Å². The second-order valence-electron chi connectivity index (χ2n) is 4.56. The zero-order valence-electron chi connectivity index (χ0n) is 10.5. The van der Waals surface area contributed by atoms with Crippen molar-refractivity contribution >= 4 is 11.7 Å². The smallest absolute Gasteiger partial charge is 0.339 e. The summed E-state index contributed by atoms with van der Waals surface area (Å²) >= 11 is 0. The number of ether oxygens (including phenoxy) is 1. The molecule has 0 unspecified atom stereocenters. The Morgan fingerprint density at radius 3 is 2.59 bits per heavy atom. The number of anilines is 1. The molecular weight excluding hydrogens is 214 g/mol. The lowest BCUT2D eigenvalue weighted by Crippen LogP contribution is -2.30. The molecule has 17 heavy (non-hydrogen) atoms. The largest absolute Gasteiger partial charge is 0.465 e. The highest BCUT2D eigenvalue weighted by atomic mass is 16.5. The van der Waals surface area contributed by atoms with Crippen LogP contribution < -0.4 is 4.90 Å². The molecule has 0 bridgehead atoms. The molecule has 0 saturated heterocycles. The van der Waals surface area contributed by atoms with Crippen LogP contribution in [0, 0.1) is 0 Å². The zero-order chi connectivity index (χ0) is 12.3. The lowest BCUT2D eigenvalue weighted by atomic mass is 10.1. The van der Waals surface area contributed by atoms with Crippen LogP contribution in [-0.2, 0) is 4.74 Å². The molecule has 3 nitrogen and oxygen atoms in total. The Kier molecular flexibility index (Phi) is 3.67. The van der Waals surface area contributed by atoms with Gasteiger partial charge in [-0.05, 0) is 25.0 Å². The van der Waals surface area contributed by atoms with E-state index in [9.17, 15) is 4.79 Å². The lowest BCUT2D eigenvalue weighted by molar-refractivity contribution is 0.0601. The maximum atomic E-state index is 11.7. The predicted molar refractivity (Wildman–Crippen MR) is 68.4 cm³/mol. The van der Waals surface area contributed by atoms with Gasteiger partial charge in [-0.3, -0.25) is 0 Å². The van der Waals surface area contributed by atoms with Gasteiger partial charge in [0.2, 0.25) is 0 Å². The summed E-state index contributed by atoms with van der Waals surface area (Å²) in [5.41, 5.74) is 1.63. The highest BCUT2D eigenvalue weighted by Gasteiger charge is 2.23. The molecule has 92 valence electrons. The first kappa shape index (κ1) is 12.0. The number of esters is 1. The molecule has 1 aromatic rings. The summed E-state index contributed by atoms with van der Waals surface area (Å²) in [6, 6.07) is 8.21. The van der Waals surface area contributed by atoms with Crippen molar-refractivity contribution < 1.29 is 9.53 Å². The summed E-state index contributed by atoms with van der Waals surface area (Å²) in [6.45, 7) is 0. The Balaban J connectivity index is 2.27. The fourth-order valence-corrected chi connectivity index (χ4v) is 2.55. The van der Waals surface area contributed by atoms with Gasteiger partial charge in [0.1, 0.15) is 0 Å². The Hall–Kier alpha value is -1.51. The molecule has 3 heteroatoms. The van der Waals surface area contributed by atoms with Crippen LogP contribution in [0.2, 0.25) is 0 Å². The van der Waals surface area contributed by atoms with Gasteiger partial charge in [-0.1, -0.05) is 25.0 Å². The molecule has 0 amide bonds. The molecule has 1 aliphatic rings. The fourth-order valence-electron chi connectivity index (χ4n) is 2.55. The number of nitrogens with zero attached hydrogens (tertiary/aromatic N) is 1. The van der Waals surface area contributed by atoms with Gasteiger partial charge in [0.05, 0.1) is 18.4 Å². The van der Waals surface area contributed by atoms with Crippen molar-refractivity contribution in [1.82, 2.24) is 0 Å². The first-order valence-corrected chi connectivity index (χ1v) is 6.14. The first-order chi connectivity index (χ1) is 8.24. The predicted octanol–water partition coefficient (Wildman–Crippen LogP) is 2.85. The minimum atomic E-state index is -0.259. The van der Waals surface area contributed by atoms with Crippen molar-refractivity contribution in [3.63, 3.8) is 0 Å². The Labute approximate surface area is 102 Å². The minimum absolute atomic E-state index is 0.259. The van der Waals surface area contributed by atoms with E-state index in [0.717, 1.165) is 5.69 Å². The highest BCUT2D eigenvalue weighted by Crippen LogP contribution is 2.29. The summed E-state index contributed by atoms with van der Waals surface area (Å²) in [7, 11) is 3.49. The van der Waals surface area contributed by atoms with Gasteiger partial charge in [0.25, 0.3) is 0 Å². The third-order valence-electron chi connectivity index (χ3n) is 3.56. The summed E-state index contributed by atoms with van der Waals surface area (Å²) in [5.74, 6) is -0.259. The van der Waals surface area contributed by atoms with Crippen molar-refractivity contribution in [2.45, 2.75) is 31.7 Å². The van der Waals surface area contributed by atoms with E-state index in [2.05, 4.69) is 11.9 Å². The van der Waals surface area contributed by atoms with Gasteiger partial charge in [0, 0.05) is 13.1 Å². The van der Waals surface area contributed by atoms with Gasteiger partial charge in [-0.25, -0.2) is 4.79 Å². The maximum Gasteiger partial charge on any atom is 0.339 e. The van der Waals surface area contributed by atoms with Gasteiger partial charge in [-0.15, -0.1) is 0 Å². The van der Waals surface area contributed by atoms with Crippen molar-refractivity contribution in [1.29, 1.82) is 0 Å². The summed E-state index contributed by atoms with van der Waals surface area (Å²) in [6.07, 6.45) is 5.00. The normalized spacial score (nSPS) is 15.9. The van der Waals surface area contributed by atoms with Crippen molar-refractivity contribution in [3.05, 3.63) is 29.8 Å². The lowest BCUT2D eigenvalue weighted by Gasteiger charge is -2.28. The molecule has 0 heterocycles. The van der Waals surface area contributed by atoms with Crippen LogP contribution in [0.5, 0.6) is 0 Å². The SMILES string of the molecule is COC(=O)c1ccccc1N(C)C1CCCC1. The van der Waals surface area contributed by atoms with Gasteiger partial charge < -0.3 is 9.64 Å². The fraction of sp³-hybridized carbons (Fsp3) is 0.500. The van der Waals surface area contributed by atoms with Gasteiger partial charge in [-0.2, -0.15) is 0 Å². The Morgan fingerprint density at radius 1 is 1.29 bits per heavy atom. The van der Waals surface area contributed by atoms with E-state index in [-0.39, 0.29) is 5.97 Å². The van der Waals surface area contributed by atoms with Crippen molar-refractivity contribution in [3.8, 4) is 0 Å². The number of hydrogen-bond acceptors (Lipinski definition) is 3. The topological polar surface area (TPSA) is 29.5 Å². The molecule has 0 aliphatic heterocycles. The molecular formula is C14H19NO2. The molecule has 0 atom stereocenters. The standard InChI is InChI=1S/C14H19NO2/c1-15(11-7-3-4-8-11)13-10-6-5-9-12(13)14(16)17-2/h5-6,9-11H,3-4,7-8H2,1-2H3. The molecule has 1 fully saturated rings. The summed E-state index contributed by atoms with van der Waals surface area (Å²) in [5, 5.41) is 0. The molecule has 1 aliphatic carbocycles. The van der Waals surface area contributed by atoms with Crippen LogP contribution in [0.3, 0.4) is 0 Å². The number of carbonyl (C=O) groups excluding carboxylic acids is 1. The van der Waals surface area contributed by atoms with E-state index in [1.54, 1.807) is 0 Å². The number of hydrogen-bond donors (Lipinski definition) is 0. The van der Waals surface area contributed by atoms with E-state index >= 15 is 0 Å². The third kappa shape index (κ3) is 2.43. The molecule has 0 N–H and O–H groups in total. The number of carbonyl (C=O) groups is 1. The van der Waals surface area contributed by atoms with Crippen LogP contribution in [0.25, 0.3) is 0 Å². The molecule has 2 rings (SSSR count). The summed E-state index contributed by atoms with van der Waals surface area (Å²) < 4.78 is 4.82. The van der Waals surface area contributed by atoms with Gasteiger partial charge >= 0.3 is 5.97 Å². The second kappa shape index (κ2) is 5.21. The third-order valence-corrected chi connectivity index (χ3v) is 3.56. The minimum Gasteiger partial charge on any atom is -0.465 e. The number of rotatable bonds is 3. The van der Waals surface area contributed by atoms with Gasteiger partial charge in [0.15, 0.2) is 0 Å². The number of methoxy groups -OCH3 is 1. The molecule has 0 radical (unpaired) electrons. The molecule has 1 aromatic carbocycles. The van der Waals surface area contributed by atoms with E-state index in [1.807, 2.05) is 24.3 Å². The van der Waals surface area contributed by atoms with Crippen molar-refractivity contribution in [2.75, 3.05) is 19.1 Å². The van der Waals surface area contributed by atoms with Crippen LogP contribution in [0.15, 0.2) is 24.3 Å².